The van der Waals surface area contributed by atoms with E-state index >= 15 is 0 Å². The highest BCUT2D eigenvalue weighted by atomic mass is 19.1. The van der Waals surface area contributed by atoms with E-state index in [2.05, 4.69) is 0 Å². The minimum Gasteiger partial charge on any atom is -0.477 e. The Labute approximate surface area is 119 Å². The molecule has 1 N–H and O–H groups in total. The molecule has 3 nitrogen and oxygen atoms in total. The summed E-state index contributed by atoms with van der Waals surface area (Å²) < 4.78 is 28.3. The summed E-state index contributed by atoms with van der Waals surface area (Å²) in [6, 6.07) is 10.0. The van der Waals surface area contributed by atoms with Crippen molar-refractivity contribution in [3.63, 3.8) is 0 Å². The number of hydrogen-bond donors (Lipinski definition) is 1. The minimum absolute atomic E-state index is 0.154. The van der Waals surface area contributed by atoms with Gasteiger partial charge in [-0.05, 0) is 35.9 Å². The zero-order valence-electron chi connectivity index (χ0n) is 11.1. The third-order valence-electron chi connectivity index (χ3n) is 3.50. The number of carboxylic acid groups (broad SMARTS) is 1. The molecular formula is C16H11F2NO2. The van der Waals surface area contributed by atoms with Gasteiger partial charge in [0.1, 0.15) is 17.3 Å². The van der Waals surface area contributed by atoms with Gasteiger partial charge in [-0.1, -0.05) is 6.07 Å². The number of carbonyl (C=O) groups is 1. The molecule has 2 aromatic carbocycles. The van der Waals surface area contributed by atoms with Gasteiger partial charge >= 0.3 is 5.97 Å². The van der Waals surface area contributed by atoms with Crippen LogP contribution in [0.25, 0.3) is 22.0 Å². The maximum absolute atomic E-state index is 13.8. The first kappa shape index (κ1) is 13.3. The average Bonchev–Trinajstić information content (AvgIpc) is 2.76. The Balaban J connectivity index is 2.19. The molecule has 1 aromatic heterocycles. The van der Waals surface area contributed by atoms with E-state index in [1.165, 1.54) is 18.2 Å². The van der Waals surface area contributed by atoms with Crippen molar-refractivity contribution >= 4 is 16.9 Å². The average molecular weight is 287 g/mol. The number of benzene rings is 2. The number of aromatic carboxylic acids is 1. The van der Waals surface area contributed by atoms with E-state index in [0.29, 0.717) is 10.9 Å². The summed E-state index contributed by atoms with van der Waals surface area (Å²) in [5.41, 5.74) is 1.74. The number of carboxylic acids is 1. The fourth-order valence-electron chi connectivity index (χ4n) is 2.45. The monoisotopic (exact) mass is 287 g/mol. The molecule has 0 saturated carbocycles. The number of rotatable bonds is 2. The molecule has 0 amide bonds. The second-order valence-electron chi connectivity index (χ2n) is 4.79. The van der Waals surface area contributed by atoms with Gasteiger partial charge in [0.05, 0.1) is 0 Å². The van der Waals surface area contributed by atoms with E-state index in [0.717, 1.165) is 11.6 Å². The summed E-state index contributed by atoms with van der Waals surface area (Å²) in [5.74, 6) is -2.31. The van der Waals surface area contributed by atoms with Crippen molar-refractivity contribution in [2.45, 2.75) is 0 Å². The predicted octanol–water partition coefficient (Wildman–Crippen LogP) is 3.82. The maximum atomic E-state index is 13.8. The summed E-state index contributed by atoms with van der Waals surface area (Å²) in [7, 11) is 1.66. The molecule has 0 spiro atoms. The van der Waals surface area contributed by atoms with Crippen LogP contribution in [0.5, 0.6) is 0 Å². The standard InChI is InChI=1S/C16H11F2NO2/c1-19-14-5-2-9(6-10(14)7-15(19)16(20)21)12-4-3-11(17)8-13(12)18/h2-8H,1H3,(H,20,21). The fraction of sp³-hybridized carbons (Fsp3) is 0.0625. The molecule has 21 heavy (non-hydrogen) atoms. The third kappa shape index (κ3) is 2.16. The Bertz CT molecular complexity index is 868. The van der Waals surface area contributed by atoms with Crippen molar-refractivity contribution in [2.24, 2.45) is 7.05 Å². The molecule has 106 valence electrons. The molecule has 0 bridgehead atoms. The van der Waals surface area contributed by atoms with Gasteiger partial charge in [0, 0.05) is 29.6 Å². The van der Waals surface area contributed by atoms with Crippen LogP contribution in [0.15, 0.2) is 42.5 Å². The Morgan fingerprint density at radius 2 is 1.86 bits per heavy atom. The van der Waals surface area contributed by atoms with Gasteiger partial charge in [-0.3, -0.25) is 0 Å². The lowest BCUT2D eigenvalue weighted by atomic mass is 10.0. The fourth-order valence-corrected chi connectivity index (χ4v) is 2.45. The largest absolute Gasteiger partial charge is 0.477 e. The lowest BCUT2D eigenvalue weighted by Gasteiger charge is -2.05. The summed E-state index contributed by atoms with van der Waals surface area (Å²) in [6.45, 7) is 0. The summed E-state index contributed by atoms with van der Waals surface area (Å²) in [5, 5.41) is 9.80. The Kier molecular flexibility index (Phi) is 2.97. The molecule has 1 heterocycles. The van der Waals surface area contributed by atoms with Gasteiger partial charge < -0.3 is 9.67 Å². The van der Waals surface area contributed by atoms with Crippen LogP contribution < -0.4 is 0 Å². The van der Waals surface area contributed by atoms with Crippen molar-refractivity contribution in [3.05, 3.63) is 59.8 Å². The normalized spacial score (nSPS) is 11.0. The van der Waals surface area contributed by atoms with Crippen molar-refractivity contribution in [3.8, 4) is 11.1 Å². The van der Waals surface area contributed by atoms with Crippen LogP contribution in [0.4, 0.5) is 8.78 Å². The van der Waals surface area contributed by atoms with Crippen LogP contribution in [0, 0.1) is 11.6 Å². The number of fused-ring (bicyclic) bond motifs is 1. The molecule has 0 fully saturated rings. The zero-order chi connectivity index (χ0) is 15.1. The quantitative estimate of drug-likeness (QED) is 0.778. The molecule has 3 rings (SSSR count). The van der Waals surface area contributed by atoms with Gasteiger partial charge in [-0.2, -0.15) is 0 Å². The number of aromatic nitrogens is 1. The van der Waals surface area contributed by atoms with Crippen molar-refractivity contribution in [2.75, 3.05) is 0 Å². The number of aryl methyl sites for hydroxylation is 1. The van der Waals surface area contributed by atoms with Crippen LogP contribution in [-0.4, -0.2) is 15.6 Å². The van der Waals surface area contributed by atoms with E-state index in [1.807, 2.05) is 0 Å². The molecule has 0 aliphatic carbocycles. The topological polar surface area (TPSA) is 42.2 Å². The Hall–Kier alpha value is -2.69. The number of hydrogen-bond acceptors (Lipinski definition) is 1. The maximum Gasteiger partial charge on any atom is 0.352 e. The van der Waals surface area contributed by atoms with Crippen LogP contribution in [0.2, 0.25) is 0 Å². The van der Waals surface area contributed by atoms with Gasteiger partial charge in [-0.15, -0.1) is 0 Å². The summed E-state index contributed by atoms with van der Waals surface area (Å²) in [4.78, 5) is 11.1. The van der Waals surface area contributed by atoms with E-state index < -0.39 is 17.6 Å². The highest BCUT2D eigenvalue weighted by molar-refractivity contribution is 5.96. The van der Waals surface area contributed by atoms with Crippen LogP contribution in [0.1, 0.15) is 10.5 Å². The molecule has 0 radical (unpaired) electrons. The van der Waals surface area contributed by atoms with Gasteiger partial charge in [0.2, 0.25) is 0 Å². The molecule has 0 unspecified atom stereocenters. The lowest BCUT2D eigenvalue weighted by molar-refractivity contribution is 0.0687. The number of nitrogens with zero attached hydrogens (tertiary/aromatic N) is 1. The molecule has 0 atom stereocenters. The van der Waals surface area contributed by atoms with Gasteiger partial charge in [-0.25, -0.2) is 13.6 Å². The molecule has 0 aliphatic rings. The third-order valence-corrected chi connectivity index (χ3v) is 3.50. The van der Waals surface area contributed by atoms with Crippen molar-refractivity contribution < 1.29 is 18.7 Å². The first-order chi connectivity index (χ1) is 9.97. The molecule has 0 aliphatic heterocycles. The molecule has 5 heteroatoms. The van der Waals surface area contributed by atoms with Crippen LogP contribution >= 0.6 is 0 Å². The molecular weight excluding hydrogens is 276 g/mol. The van der Waals surface area contributed by atoms with Crippen molar-refractivity contribution in [1.82, 2.24) is 4.57 Å². The molecule has 0 saturated heterocycles. The van der Waals surface area contributed by atoms with E-state index in [1.54, 1.807) is 29.8 Å². The van der Waals surface area contributed by atoms with Gasteiger partial charge in [0.25, 0.3) is 0 Å². The summed E-state index contributed by atoms with van der Waals surface area (Å²) in [6.07, 6.45) is 0. The lowest BCUT2D eigenvalue weighted by Crippen LogP contribution is -2.03. The smallest absolute Gasteiger partial charge is 0.352 e. The second kappa shape index (κ2) is 4.70. The Morgan fingerprint density at radius 3 is 2.52 bits per heavy atom. The zero-order valence-corrected chi connectivity index (χ0v) is 11.1. The van der Waals surface area contributed by atoms with Crippen LogP contribution in [-0.2, 0) is 7.05 Å². The second-order valence-corrected chi connectivity index (χ2v) is 4.79. The summed E-state index contributed by atoms with van der Waals surface area (Å²) >= 11 is 0. The van der Waals surface area contributed by atoms with E-state index in [-0.39, 0.29) is 11.3 Å². The predicted molar refractivity (Wildman–Crippen MR) is 75.2 cm³/mol. The first-order valence-corrected chi connectivity index (χ1v) is 6.25. The highest BCUT2D eigenvalue weighted by Gasteiger charge is 2.13. The minimum atomic E-state index is -1.02. The highest BCUT2D eigenvalue weighted by Crippen LogP contribution is 2.28. The molecule has 3 aromatic rings. The van der Waals surface area contributed by atoms with Crippen molar-refractivity contribution in [1.29, 1.82) is 0 Å². The Morgan fingerprint density at radius 1 is 1.10 bits per heavy atom. The van der Waals surface area contributed by atoms with E-state index in [9.17, 15) is 13.6 Å². The van der Waals surface area contributed by atoms with E-state index in [4.69, 9.17) is 5.11 Å². The number of halogens is 2. The first-order valence-electron chi connectivity index (χ1n) is 6.25. The SMILES string of the molecule is Cn1c(C(=O)O)cc2cc(-c3ccc(F)cc3F)ccc21. The van der Waals surface area contributed by atoms with Gasteiger partial charge in [0.15, 0.2) is 0 Å². The van der Waals surface area contributed by atoms with Crippen LogP contribution in [0.3, 0.4) is 0 Å².